The van der Waals surface area contributed by atoms with E-state index in [2.05, 4.69) is 5.32 Å². The van der Waals surface area contributed by atoms with Crippen molar-refractivity contribution in [1.29, 1.82) is 0 Å². The fraction of sp³-hybridized carbons (Fsp3) is 0.571. The van der Waals surface area contributed by atoms with Gasteiger partial charge in [-0.2, -0.15) is 0 Å². The number of halogens is 1. The molecule has 2 nitrogen and oxygen atoms in total. The predicted octanol–water partition coefficient (Wildman–Crippen LogP) is 3.15. The van der Waals surface area contributed by atoms with E-state index in [4.69, 9.17) is 4.74 Å². The van der Waals surface area contributed by atoms with Crippen LogP contribution in [0.15, 0.2) is 18.2 Å². The van der Waals surface area contributed by atoms with E-state index in [9.17, 15) is 4.39 Å². The molecule has 2 heterocycles. The summed E-state index contributed by atoms with van der Waals surface area (Å²) in [5.41, 5.74) is 2.29. The summed E-state index contributed by atoms with van der Waals surface area (Å²) in [5, 5.41) is 3.30. The Labute approximate surface area is 101 Å². The minimum absolute atomic E-state index is 0.149. The van der Waals surface area contributed by atoms with Crippen molar-refractivity contribution in [3.05, 3.63) is 29.6 Å². The molecule has 0 amide bonds. The Morgan fingerprint density at radius 2 is 2.00 bits per heavy atom. The van der Waals surface area contributed by atoms with Crippen molar-refractivity contribution in [2.75, 3.05) is 25.1 Å². The van der Waals surface area contributed by atoms with Crippen LogP contribution in [0.5, 0.6) is 0 Å². The first-order chi connectivity index (χ1) is 8.34. The van der Waals surface area contributed by atoms with Gasteiger partial charge in [0.1, 0.15) is 5.82 Å². The van der Waals surface area contributed by atoms with Crippen LogP contribution in [0.1, 0.15) is 30.7 Å². The zero-order chi connectivity index (χ0) is 11.7. The van der Waals surface area contributed by atoms with Gasteiger partial charge in [-0.1, -0.05) is 6.07 Å². The van der Waals surface area contributed by atoms with Crippen molar-refractivity contribution in [1.82, 2.24) is 0 Å². The van der Waals surface area contributed by atoms with Crippen LogP contribution in [0.4, 0.5) is 10.1 Å². The van der Waals surface area contributed by atoms with Crippen LogP contribution in [0, 0.1) is 11.7 Å². The quantitative estimate of drug-likeness (QED) is 0.807. The maximum Gasteiger partial charge on any atom is 0.125 e. The van der Waals surface area contributed by atoms with E-state index in [1.54, 1.807) is 12.1 Å². The molecular formula is C14H18FNO. The van der Waals surface area contributed by atoms with Gasteiger partial charge in [0.15, 0.2) is 0 Å². The molecule has 0 spiro atoms. The van der Waals surface area contributed by atoms with Gasteiger partial charge in [-0.25, -0.2) is 4.39 Å². The molecule has 0 aliphatic carbocycles. The predicted molar refractivity (Wildman–Crippen MR) is 65.8 cm³/mol. The van der Waals surface area contributed by atoms with Gasteiger partial charge >= 0.3 is 0 Å². The number of anilines is 1. The standard InChI is InChI=1S/C14H18FNO/c15-11-1-2-13-12(3-6-16-14(13)9-11)10-4-7-17-8-5-10/h1-2,9-10,12,16H,3-8H2. The van der Waals surface area contributed by atoms with Crippen molar-refractivity contribution in [3.8, 4) is 0 Å². The number of hydrogen-bond donors (Lipinski definition) is 1. The maximum atomic E-state index is 13.2. The Kier molecular flexibility index (Phi) is 3.02. The molecule has 3 rings (SSSR count). The first kappa shape index (κ1) is 11.0. The topological polar surface area (TPSA) is 21.3 Å². The van der Waals surface area contributed by atoms with Gasteiger partial charge in [-0.05, 0) is 48.8 Å². The number of ether oxygens (including phenoxy) is 1. The van der Waals surface area contributed by atoms with Gasteiger partial charge in [-0.3, -0.25) is 0 Å². The smallest absolute Gasteiger partial charge is 0.125 e. The highest BCUT2D eigenvalue weighted by atomic mass is 19.1. The van der Waals surface area contributed by atoms with E-state index < -0.39 is 0 Å². The van der Waals surface area contributed by atoms with Crippen molar-refractivity contribution in [3.63, 3.8) is 0 Å². The molecule has 1 fully saturated rings. The summed E-state index contributed by atoms with van der Waals surface area (Å²) in [7, 11) is 0. The van der Waals surface area contributed by atoms with Crippen LogP contribution >= 0.6 is 0 Å². The monoisotopic (exact) mass is 235 g/mol. The highest BCUT2D eigenvalue weighted by molar-refractivity contribution is 5.55. The highest BCUT2D eigenvalue weighted by Gasteiger charge is 2.29. The summed E-state index contributed by atoms with van der Waals surface area (Å²) in [6, 6.07) is 5.16. The van der Waals surface area contributed by atoms with E-state index in [1.807, 2.05) is 6.07 Å². The van der Waals surface area contributed by atoms with Crippen molar-refractivity contribution >= 4 is 5.69 Å². The van der Waals surface area contributed by atoms with Gasteiger partial charge in [0.2, 0.25) is 0 Å². The second kappa shape index (κ2) is 4.65. The maximum absolute atomic E-state index is 13.2. The molecule has 1 N–H and O–H groups in total. The third-order valence-electron chi connectivity index (χ3n) is 4.02. The minimum atomic E-state index is -0.149. The minimum Gasteiger partial charge on any atom is -0.385 e. The van der Waals surface area contributed by atoms with Crippen LogP contribution in [-0.4, -0.2) is 19.8 Å². The van der Waals surface area contributed by atoms with Crippen LogP contribution in [0.25, 0.3) is 0 Å². The van der Waals surface area contributed by atoms with Crippen molar-refractivity contribution in [2.45, 2.75) is 25.2 Å². The molecular weight excluding hydrogens is 217 g/mol. The van der Waals surface area contributed by atoms with Crippen LogP contribution in [-0.2, 0) is 4.74 Å². The first-order valence-corrected chi connectivity index (χ1v) is 6.45. The molecule has 0 radical (unpaired) electrons. The molecule has 0 saturated carbocycles. The van der Waals surface area contributed by atoms with E-state index >= 15 is 0 Å². The van der Waals surface area contributed by atoms with Crippen molar-refractivity contribution < 1.29 is 9.13 Å². The summed E-state index contributed by atoms with van der Waals surface area (Å²) >= 11 is 0. The van der Waals surface area contributed by atoms with Gasteiger partial charge in [0.05, 0.1) is 0 Å². The molecule has 1 unspecified atom stereocenters. The Bertz CT molecular complexity index is 401. The molecule has 0 bridgehead atoms. The van der Waals surface area contributed by atoms with E-state index in [0.29, 0.717) is 11.8 Å². The number of fused-ring (bicyclic) bond motifs is 1. The average Bonchev–Trinajstić information content (AvgIpc) is 2.39. The molecule has 1 aromatic rings. The van der Waals surface area contributed by atoms with E-state index in [1.165, 1.54) is 5.56 Å². The van der Waals surface area contributed by atoms with E-state index in [0.717, 1.165) is 44.7 Å². The van der Waals surface area contributed by atoms with Gasteiger partial charge in [0, 0.05) is 25.4 Å². The lowest BCUT2D eigenvalue weighted by Crippen LogP contribution is -2.27. The third kappa shape index (κ3) is 2.16. The van der Waals surface area contributed by atoms with Gasteiger partial charge in [-0.15, -0.1) is 0 Å². The molecule has 92 valence electrons. The van der Waals surface area contributed by atoms with Gasteiger partial charge < -0.3 is 10.1 Å². The first-order valence-electron chi connectivity index (χ1n) is 6.45. The summed E-state index contributed by atoms with van der Waals surface area (Å²) in [5.74, 6) is 1.13. The number of hydrogen-bond acceptors (Lipinski definition) is 2. The number of benzene rings is 1. The lowest BCUT2D eigenvalue weighted by atomic mass is 9.77. The average molecular weight is 235 g/mol. The molecule has 17 heavy (non-hydrogen) atoms. The SMILES string of the molecule is Fc1ccc2c(c1)NCCC2C1CCOCC1. The second-order valence-electron chi connectivity index (χ2n) is 5.00. The molecule has 0 aromatic heterocycles. The highest BCUT2D eigenvalue weighted by Crippen LogP contribution is 2.40. The van der Waals surface area contributed by atoms with Crippen LogP contribution in [0.3, 0.4) is 0 Å². The Balaban J connectivity index is 1.88. The van der Waals surface area contributed by atoms with E-state index in [-0.39, 0.29) is 5.82 Å². The fourth-order valence-corrected chi connectivity index (χ4v) is 3.13. The zero-order valence-corrected chi connectivity index (χ0v) is 9.92. The summed E-state index contributed by atoms with van der Waals surface area (Å²) in [6.45, 7) is 2.72. The number of rotatable bonds is 1. The Hall–Kier alpha value is -1.09. The van der Waals surface area contributed by atoms with Crippen LogP contribution < -0.4 is 5.32 Å². The second-order valence-corrected chi connectivity index (χ2v) is 5.00. The van der Waals surface area contributed by atoms with Crippen LogP contribution in [0.2, 0.25) is 0 Å². The zero-order valence-electron chi connectivity index (χ0n) is 9.92. The largest absolute Gasteiger partial charge is 0.385 e. The summed E-state index contributed by atoms with van der Waals surface area (Å²) in [4.78, 5) is 0. The number of nitrogens with one attached hydrogen (secondary N) is 1. The lowest BCUT2D eigenvalue weighted by Gasteiger charge is -2.35. The van der Waals surface area contributed by atoms with Crippen molar-refractivity contribution in [2.24, 2.45) is 5.92 Å². The Morgan fingerprint density at radius 1 is 1.18 bits per heavy atom. The molecule has 1 saturated heterocycles. The summed E-state index contributed by atoms with van der Waals surface area (Å²) in [6.07, 6.45) is 3.44. The molecule has 2 aliphatic heterocycles. The normalized spacial score (nSPS) is 25.1. The van der Waals surface area contributed by atoms with Gasteiger partial charge in [0.25, 0.3) is 0 Å². The summed E-state index contributed by atoms with van der Waals surface area (Å²) < 4.78 is 18.6. The third-order valence-corrected chi connectivity index (χ3v) is 4.02. The molecule has 1 aromatic carbocycles. The molecule has 3 heteroatoms. The fourth-order valence-electron chi connectivity index (χ4n) is 3.13. The lowest BCUT2D eigenvalue weighted by molar-refractivity contribution is 0.0568. The molecule has 2 aliphatic rings. The Morgan fingerprint density at radius 3 is 2.82 bits per heavy atom. The molecule has 1 atom stereocenters.